The van der Waals surface area contributed by atoms with E-state index >= 15 is 0 Å². The van der Waals surface area contributed by atoms with Crippen LogP contribution in [0.25, 0.3) is 0 Å². The van der Waals surface area contributed by atoms with Gasteiger partial charge in [-0.2, -0.15) is 5.26 Å². The second-order valence-electron chi connectivity index (χ2n) is 5.41. The summed E-state index contributed by atoms with van der Waals surface area (Å²) < 4.78 is 5.10. The lowest BCUT2D eigenvalue weighted by Gasteiger charge is -2.35. The predicted molar refractivity (Wildman–Crippen MR) is 81.1 cm³/mol. The van der Waals surface area contributed by atoms with Crippen molar-refractivity contribution >= 4 is 11.9 Å². The fourth-order valence-electron chi connectivity index (χ4n) is 2.73. The SMILES string of the molecule is CC[C@H]1CCCCN1C(=O)COC(=O)c1ccc(C#N)cc1. The number of likely N-dealkylation sites (tertiary alicyclic amines) is 1. The molecule has 1 saturated heterocycles. The molecule has 1 atom stereocenters. The van der Waals surface area contributed by atoms with E-state index in [1.807, 2.05) is 11.0 Å². The van der Waals surface area contributed by atoms with Crippen molar-refractivity contribution in [3.8, 4) is 6.07 Å². The average Bonchev–Trinajstić information content (AvgIpc) is 2.59. The lowest BCUT2D eigenvalue weighted by atomic mass is 10.00. The van der Waals surface area contributed by atoms with E-state index in [-0.39, 0.29) is 18.6 Å². The highest BCUT2D eigenvalue weighted by Crippen LogP contribution is 2.19. The van der Waals surface area contributed by atoms with Gasteiger partial charge < -0.3 is 9.64 Å². The molecule has 1 aromatic carbocycles. The molecule has 0 spiro atoms. The summed E-state index contributed by atoms with van der Waals surface area (Å²) in [5.41, 5.74) is 0.823. The van der Waals surface area contributed by atoms with E-state index in [0.29, 0.717) is 11.1 Å². The zero-order valence-corrected chi connectivity index (χ0v) is 12.7. The number of amides is 1. The Bertz CT molecular complexity index is 575. The van der Waals surface area contributed by atoms with E-state index in [1.54, 1.807) is 12.1 Å². The van der Waals surface area contributed by atoms with Gasteiger partial charge in [0.25, 0.3) is 5.91 Å². The Balaban J connectivity index is 1.89. The van der Waals surface area contributed by atoms with Crippen molar-refractivity contribution in [2.45, 2.75) is 38.6 Å². The molecule has 5 heteroatoms. The Labute approximate surface area is 130 Å². The third-order valence-corrected chi connectivity index (χ3v) is 4.00. The maximum atomic E-state index is 12.2. The number of nitrogens with zero attached hydrogens (tertiary/aromatic N) is 2. The maximum Gasteiger partial charge on any atom is 0.338 e. The smallest absolute Gasteiger partial charge is 0.338 e. The molecule has 0 radical (unpaired) electrons. The highest BCUT2D eigenvalue weighted by molar-refractivity contribution is 5.91. The number of nitriles is 1. The molecule has 1 aliphatic heterocycles. The van der Waals surface area contributed by atoms with Crippen LogP contribution in [0.1, 0.15) is 48.5 Å². The van der Waals surface area contributed by atoms with Crippen LogP contribution in [0.2, 0.25) is 0 Å². The summed E-state index contributed by atoms with van der Waals surface area (Å²) >= 11 is 0. The number of ether oxygens (including phenoxy) is 1. The fraction of sp³-hybridized carbons (Fsp3) is 0.471. The van der Waals surface area contributed by atoms with Gasteiger partial charge in [0.05, 0.1) is 17.2 Å². The molecule has 5 nitrogen and oxygen atoms in total. The summed E-state index contributed by atoms with van der Waals surface area (Å²) in [7, 11) is 0. The lowest BCUT2D eigenvalue weighted by molar-refractivity contribution is -0.138. The summed E-state index contributed by atoms with van der Waals surface area (Å²) in [6, 6.07) is 8.41. The first-order valence-electron chi connectivity index (χ1n) is 7.62. The fourth-order valence-corrected chi connectivity index (χ4v) is 2.73. The van der Waals surface area contributed by atoms with Gasteiger partial charge in [-0.05, 0) is 49.9 Å². The van der Waals surface area contributed by atoms with Crippen molar-refractivity contribution < 1.29 is 14.3 Å². The molecule has 1 aliphatic rings. The monoisotopic (exact) mass is 300 g/mol. The second-order valence-corrected chi connectivity index (χ2v) is 5.41. The Morgan fingerprint density at radius 2 is 2.05 bits per heavy atom. The van der Waals surface area contributed by atoms with Crippen LogP contribution in [-0.2, 0) is 9.53 Å². The highest BCUT2D eigenvalue weighted by Gasteiger charge is 2.25. The Morgan fingerprint density at radius 3 is 2.68 bits per heavy atom. The average molecular weight is 300 g/mol. The minimum atomic E-state index is -0.539. The van der Waals surface area contributed by atoms with Crippen molar-refractivity contribution in [1.82, 2.24) is 4.90 Å². The van der Waals surface area contributed by atoms with Gasteiger partial charge in [-0.25, -0.2) is 4.79 Å². The first-order valence-corrected chi connectivity index (χ1v) is 7.62. The maximum absolute atomic E-state index is 12.2. The van der Waals surface area contributed by atoms with Crippen molar-refractivity contribution in [3.63, 3.8) is 0 Å². The first kappa shape index (κ1) is 16.0. The second kappa shape index (κ2) is 7.60. The summed E-state index contributed by atoms with van der Waals surface area (Å²) in [5, 5.41) is 8.72. The van der Waals surface area contributed by atoms with Gasteiger partial charge in [0.1, 0.15) is 0 Å². The summed E-state index contributed by atoms with van der Waals surface area (Å²) in [6.07, 6.45) is 4.10. The van der Waals surface area contributed by atoms with Crippen molar-refractivity contribution in [1.29, 1.82) is 5.26 Å². The third kappa shape index (κ3) is 3.85. The van der Waals surface area contributed by atoms with E-state index in [9.17, 15) is 9.59 Å². The molecular weight excluding hydrogens is 280 g/mol. The zero-order chi connectivity index (χ0) is 15.9. The molecule has 116 valence electrons. The number of hydrogen-bond acceptors (Lipinski definition) is 4. The molecule has 1 heterocycles. The number of rotatable bonds is 4. The standard InChI is InChI=1S/C17H20N2O3/c1-2-15-5-3-4-10-19(15)16(20)12-22-17(21)14-8-6-13(11-18)7-9-14/h6-9,15H,2-5,10,12H2,1H3/t15-/m0/s1. The Kier molecular flexibility index (Phi) is 5.54. The molecule has 0 N–H and O–H groups in total. The molecule has 0 saturated carbocycles. The van der Waals surface area contributed by atoms with Crippen LogP contribution >= 0.6 is 0 Å². The summed E-state index contributed by atoms with van der Waals surface area (Å²) in [6.45, 7) is 2.58. The van der Waals surface area contributed by atoms with Gasteiger partial charge in [0, 0.05) is 12.6 Å². The quantitative estimate of drug-likeness (QED) is 0.801. The van der Waals surface area contributed by atoms with E-state index in [2.05, 4.69) is 6.92 Å². The molecule has 1 aromatic rings. The van der Waals surface area contributed by atoms with Crippen molar-refractivity contribution in [2.24, 2.45) is 0 Å². The van der Waals surface area contributed by atoms with Gasteiger partial charge in [0.2, 0.25) is 0 Å². The minimum absolute atomic E-state index is 0.131. The van der Waals surface area contributed by atoms with E-state index in [0.717, 1.165) is 32.2 Å². The van der Waals surface area contributed by atoms with Crippen LogP contribution in [-0.4, -0.2) is 36.0 Å². The van der Waals surface area contributed by atoms with Crippen LogP contribution in [0.5, 0.6) is 0 Å². The van der Waals surface area contributed by atoms with Crippen LogP contribution in [0.4, 0.5) is 0 Å². The topological polar surface area (TPSA) is 70.4 Å². The van der Waals surface area contributed by atoms with Gasteiger partial charge in [-0.3, -0.25) is 4.79 Å². The van der Waals surface area contributed by atoms with E-state index < -0.39 is 5.97 Å². The van der Waals surface area contributed by atoms with Crippen molar-refractivity contribution in [2.75, 3.05) is 13.2 Å². The molecule has 0 aliphatic carbocycles. The zero-order valence-electron chi connectivity index (χ0n) is 12.7. The molecule has 2 rings (SSSR count). The number of esters is 1. The minimum Gasteiger partial charge on any atom is -0.452 e. The summed E-state index contributed by atoms with van der Waals surface area (Å²) in [5.74, 6) is -0.670. The van der Waals surface area contributed by atoms with Gasteiger partial charge in [-0.15, -0.1) is 0 Å². The largest absolute Gasteiger partial charge is 0.452 e. The van der Waals surface area contributed by atoms with Gasteiger partial charge >= 0.3 is 5.97 Å². The number of piperidine rings is 1. The van der Waals surface area contributed by atoms with Crippen LogP contribution in [0.15, 0.2) is 24.3 Å². The van der Waals surface area contributed by atoms with E-state index in [4.69, 9.17) is 10.00 Å². The Hall–Kier alpha value is -2.35. The normalized spacial score (nSPS) is 17.6. The molecule has 0 unspecified atom stereocenters. The number of carbonyl (C=O) groups excluding carboxylic acids is 2. The molecule has 0 bridgehead atoms. The van der Waals surface area contributed by atoms with Crippen LogP contribution < -0.4 is 0 Å². The van der Waals surface area contributed by atoms with Gasteiger partial charge in [0.15, 0.2) is 6.61 Å². The Morgan fingerprint density at radius 1 is 1.32 bits per heavy atom. The van der Waals surface area contributed by atoms with Crippen LogP contribution in [0.3, 0.4) is 0 Å². The third-order valence-electron chi connectivity index (χ3n) is 4.00. The highest BCUT2D eigenvalue weighted by atomic mass is 16.5. The van der Waals surface area contributed by atoms with E-state index in [1.165, 1.54) is 12.1 Å². The molecule has 1 amide bonds. The van der Waals surface area contributed by atoms with Gasteiger partial charge in [-0.1, -0.05) is 6.92 Å². The number of benzene rings is 1. The lowest BCUT2D eigenvalue weighted by Crippen LogP contribution is -2.45. The molecule has 22 heavy (non-hydrogen) atoms. The van der Waals surface area contributed by atoms with Crippen LogP contribution in [0, 0.1) is 11.3 Å². The first-order chi connectivity index (χ1) is 10.7. The molecular formula is C17H20N2O3. The predicted octanol–water partition coefficient (Wildman–Crippen LogP) is 2.51. The van der Waals surface area contributed by atoms with Crippen molar-refractivity contribution in [3.05, 3.63) is 35.4 Å². The molecule has 0 aromatic heterocycles. The molecule has 1 fully saturated rings. The number of hydrogen-bond donors (Lipinski definition) is 0. The number of carbonyl (C=O) groups is 2. The summed E-state index contributed by atoms with van der Waals surface area (Å²) in [4.78, 5) is 25.9.